The maximum atomic E-state index is 12.3. The van der Waals surface area contributed by atoms with E-state index in [1.807, 2.05) is 30.3 Å². The van der Waals surface area contributed by atoms with Gasteiger partial charge in [0.2, 0.25) is 5.91 Å². The van der Waals surface area contributed by atoms with Crippen LogP contribution in [0.2, 0.25) is 0 Å². The number of hydrogen-bond acceptors (Lipinski definition) is 6. The van der Waals surface area contributed by atoms with Crippen molar-refractivity contribution in [1.82, 2.24) is 4.98 Å². The third-order valence-corrected chi connectivity index (χ3v) is 5.63. The molecule has 152 valence electrons. The number of nitrogens with zero attached hydrogens (tertiary/aromatic N) is 2. The summed E-state index contributed by atoms with van der Waals surface area (Å²) in [4.78, 5) is 17.7. The average molecular weight is 420 g/mol. The lowest BCUT2D eigenvalue weighted by Gasteiger charge is -2.09. The van der Waals surface area contributed by atoms with Crippen LogP contribution in [-0.4, -0.2) is 24.1 Å². The fraction of sp³-hybridized carbons (Fsp3) is 0.261. The Bertz CT molecular complexity index is 1070. The molecule has 0 spiro atoms. The van der Waals surface area contributed by atoms with Crippen LogP contribution in [-0.2, 0) is 17.6 Å². The highest BCUT2D eigenvalue weighted by Crippen LogP contribution is 2.31. The van der Waals surface area contributed by atoms with Gasteiger partial charge in [0.25, 0.3) is 0 Å². The summed E-state index contributed by atoms with van der Waals surface area (Å²) >= 11 is 1.46. The number of carbonyl (C=O) groups is 1. The Morgan fingerprint density at radius 2 is 1.87 bits per heavy atom. The number of hydrogen-bond donors (Lipinski definition) is 1. The van der Waals surface area contributed by atoms with Crippen LogP contribution < -0.4 is 14.8 Å². The van der Waals surface area contributed by atoms with Crippen LogP contribution in [0.25, 0.3) is 0 Å². The number of rotatable bonds is 6. The summed E-state index contributed by atoms with van der Waals surface area (Å²) < 4.78 is 11.3. The molecule has 0 bridgehead atoms. The third-order valence-electron chi connectivity index (χ3n) is 4.71. The number of anilines is 1. The van der Waals surface area contributed by atoms with Crippen molar-refractivity contribution in [3.05, 3.63) is 70.2 Å². The van der Waals surface area contributed by atoms with Crippen molar-refractivity contribution in [3.8, 4) is 17.6 Å². The summed E-state index contributed by atoms with van der Waals surface area (Å²) in [5.41, 5.74) is 2.78. The molecular formula is C23H21N3O3S. The van der Waals surface area contributed by atoms with Gasteiger partial charge in [-0.1, -0.05) is 18.2 Å². The topological polar surface area (TPSA) is 84.2 Å². The zero-order valence-electron chi connectivity index (χ0n) is 16.4. The minimum Gasteiger partial charge on any atom is -0.490 e. The van der Waals surface area contributed by atoms with E-state index >= 15 is 0 Å². The van der Waals surface area contributed by atoms with Crippen LogP contribution in [0.4, 0.5) is 5.13 Å². The van der Waals surface area contributed by atoms with E-state index in [0.717, 1.165) is 40.3 Å². The summed E-state index contributed by atoms with van der Waals surface area (Å²) in [7, 11) is 0. The summed E-state index contributed by atoms with van der Waals surface area (Å²) in [6.45, 7) is 1.31. The minimum absolute atomic E-state index is 0.0682. The number of benzene rings is 2. The van der Waals surface area contributed by atoms with E-state index in [1.54, 1.807) is 18.3 Å². The first-order valence-corrected chi connectivity index (χ1v) is 10.6. The average Bonchev–Trinajstić information content (AvgIpc) is 3.06. The second-order valence-electron chi connectivity index (χ2n) is 7.00. The van der Waals surface area contributed by atoms with Gasteiger partial charge in [0.1, 0.15) is 0 Å². The number of amides is 1. The molecule has 0 saturated heterocycles. The van der Waals surface area contributed by atoms with Crippen molar-refractivity contribution in [2.24, 2.45) is 0 Å². The van der Waals surface area contributed by atoms with Crippen molar-refractivity contribution in [3.63, 3.8) is 0 Å². The highest BCUT2D eigenvalue weighted by Gasteiger charge is 2.12. The zero-order chi connectivity index (χ0) is 20.8. The second-order valence-corrected chi connectivity index (χ2v) is 8.11. The Kier molecular flexibility index (Phi) is 6.26. The SMILES string of the molecule is N#Cc1ccc(Cc2cnc(NC(=O)CCc3ccc4c(c3)OCCCO4)s2)cc1. The fourth-order valence-corrected chi connectivity index (χ4v) is 4.01. The number of ether oxygens (including phenoxy) is 2. The van der Waals surface area contributed by atoms with E-state index in [-0.39, 0.29) is 5.91 Å². The van der Waals surface area contributed by atoms with Gasteiger partial charge in [-0.25, -0.2) is 4.98 Å². The Hall–Kier alpha value is -3.37. The second kappa shape index (κ2) is 9.42. The van der Waals surface area contributed by atoms with Crippen LogP contribution in [0.15, 0.2) is 48.7 Å². The molecule has 2 heterocycles. The number of aromatic nitrogens is 1. The molecule has 6 nitrogen and oxygen atoms in total. The van der Waals surface area contributed by atoms with Gasteiger partial charge in [-0.3, -0.25) is 4.79 Å². The molecule has 7 heteroatoms. The molecule has 1 amide bonds. The standard InChI is InChI=1S/C23H21N3O3S/c24-14-18-4-2-16(3-5-18)12-19-15-25-23(30-19)26-22(27)9-7-17-6-8-20-21(13-17)29-11-1-10-28-20/h2-6,8,13,15H,1,7,9-12H2,(H,25,26,27). The van der Waals surface area contributed by atoms with Crippen molar-refractivity contribution < 1.29 is 14.3 Å². The molecular weight excluding hydrogens is 398 g/mol. The fourth-order valence-electron chi connectivity index (χ4n) is 3.15. The molecule has 30 heavy (non-hydrogen) atoms. The minimum atomic E-state index is -0.0682. The Labute approximate surface area is 179 Å². The van der Waals surface area contributed by atoms with Gasteiger partial charge in [0.05, 0.1) is 24.8 Å². The van der Waals surface area contributed by atoms with Gasteiger partial charge >= 0.3 is 0 Å². The van der Waals surface area contributed by atoms with Crippen molar-refractivity contribution in [1.29, 1.82) is 5.26 Å². The van der Waals surface area contributed by atoms with Crippen LogP contribution in [0, 0.1) is 11.3 Å². The first-order chi connectivity index (χ1) is 14.7. The highest BCUT2D eigenvalue weighted by atomic mass is 32.1. The smallest absolute Gasteiger partial charge is 0.226 e. The van der Waals surface area contributed by atoms with E-state index in [9.17, 15) is 4.79 Å². The van der Waals surface area contributed by atoms with E-state index in [0.29, 0.717) is 36.8 Å². The van der Waals surface area contributed by atoms with E-state index in [2.05, 4.69) is 16.4 Å². The number of fused-ring (bicyclic) bond motifs is 1. The van der Waals surface area contributed by atoms with Crippen LogP contribution >= 0.6 is 11.3 Å². The lowest BCUT2D eigenvalue weighted by Crippen LogP contribution is -2.12. The number of aryl methyl sites for hydroxylation is 1. The van der Waals surface area contributed by atoms with Gasteiger partial charge in [-0.15, -0.1) is 11.3 Å². The normalized spacial score (nSPS) is 12.6. The molecule has 1 N–H and O–H groups in total. The Morgan fingerprint density at radius 1 is 1.10 bits per heavy atom. The van der Waals surface area contributed by atoms with Gasteiger partial charge in [0.15, 0.2) is 16.6 Å². The maximum absolute atomic E-state index is 12.3. The molecule has 0 saturated carbocycles. The van der Waals surface area contributed by atoms with E-state index < -0.39 is 0 Å². The predicted octanol–water partition coefficient (Wildman–Crippen LogP) is 4.34. The summed E-state index contributed by atoms with van der Waals surface area (Å²) in [6, 6.07) is 15.4. The van der Waals surface area contributed by atoms with Crippen molar-refractivity contribution >= 4 is 22.4 Å². The number of thiazole rings is 1. The molecule has 0 unspecified atom stereocenters. The molecule has 0 aliphatic carbocycles. The molecule has 1 aromatic heterocycles. The van der Waals surface area contributed by atoms with E-state index in [1.165, 1.54) is 11.3 Å². The van der Waals surface area contributed by atoms with Crippen LogP contribution in [0.5, 0.6) is 11.5 Å². The monoisotopic (exact) mass is 419 g/mol. The first kappa shape index (κ1) is 19.9. The maximum Gasteiger partial charge on any atom is 0.226 e. The molecule has 2 aromatic carbocycles. The molecule has 1 aliphatic heterocycles. The van der Waals surface area contributed by atoms with Crippen LogP contribution in [0.1, 0.15) is 34.4 Å². The largest absolute Gasteiger partial charge is 0.490 e. The van der Waals surface area contributed by atoms with E-state index in [4.69, 9.17) is 14.7 Å². The molecule has 4 rings (SSSR count). The van der Waals surface area contributed by atoms with Gasteiger partial charge in [-0.05, 0) is 41.8 Å². The Balaban J connectivity index is 1.29. The van der Waals surface area contributed by atoms with Gasteiger partial charge < -0.3 is 14.8 Å². The highest BCUT2D eigenvalue weighted by molar-refractivity contribution is 7.15. The molecule has 0 fully saturated rings. The summed E-state index contributed by atoms with van der Waals surface area (Å²) in [5, 5.41) is 12.4. The number of nitriles is 1. The molecule has 0 radical (unpaired) electrons. The third kappa shape index (κ3) is 5.16. The van der Waals surface area contributed by atoms with Crippen molar-refractivity contribution in [2.75, 3.05) is 18.5 Å². The molecule has 1 aliphatic rings. The van der Waals surface area contributed by atoms with Gasteiger partial charge in [0, 0.05) is 30.3 Å². The van der Waals surface area contributed by atoms with Crippen molar-refractivity contribution in [2.45, 2.75) is 25.7 Å². The van der Waals surface area contributed by atoms with Crippen LogP contribution in [0.3, 0.4) is 0 Å². The molecule has 0 atom stereocenters. The predicted molar refractivity (Wildman–Crippen MR) is 115 cm³/mol. The van der Waals surface area contributed by atoms with Gasteiger partial charge in [-0.2, -0.15) is 5.26 Å². The Morgan fingerprint density at radius 3 is 2.67 bits per heavy atom. The molecule has 3 aromatic rings. The first-order valence-electron chi connectivity index (χ1n) is 9.82. The number of carbonyl (C=O) groups excluding carboxylic acids is 1. The quantitative estimate of drug-likeness (QED) is 0.643. The lowest BCUT2D eigenvalue weighted by molar-refractivity contribution is -0.116. The number of nitrogens with one attached hydrogen (secondary N) is 1. The summed E-state index contributed by atoms with van der Waals surface area (Å²) in [6.07, 6.45) is 4.35. The lowest BCUT2D eigenvalue weighted by atomic mass is 10.1. The zero-order valence-corrected chi connectivity index (χ0v) is 17.2. The summed E-state index contributed by atoms with van der Waals surface area (Å²) in [5.74, 6) is 1.44.